The van der Waals surface area contributed by atoms with Crippen molar-refractivity contribution in [3.05, 3.63) is 53.6 Å². The zero-order chi connectivity index (χ0) is 28.6. The van der Waals surface area contributed by atoms with E-state index in [1.54, 1.807) is 36.4 Å². The molecule has 0 bridgehead atoms. The number of nitrogens with one attached hydrogen (secondary N) is 1. The number of anilines is 2. The number of halogens is 1. The Labute approximate surface area is 245 Å². The van der Waals surface area contributed by atoms with Gasteiger partial charge in [0.2, 0.25) is 11.8 Å². The van der Waals surface area contributed by atoms with Gasteiger partial charge in [-0.1, -0.05) is 18.5 Å². The van der Waals surface area contributed by atoms with Gasteiger partial charge in [0.25, 0.3) is 5.91 Å². The summed E-state index contributed by atoms with van der Waals surface area (Å²) < 4.78 is 5.60. The lowest BCUT2D eigenvalue weighted by molar-refractivity contribution is -0.124. The number of primary amides is 1. The van der Waals surface area contributed by atoms with Crippen molar-refractivity contribution in [1.82, 2.24) is 9.80 Å². The van der Waals surface area contributed by atoms with Gasteiger partial charge >= 0.3 is 0 Å². The van der Waals surface area contributed by atoms with E-state index in [2.05, 4.69) is 10.2 Å². The number of nitrogens with two attached hydrogens (primary N) is 1. The second-order valence-electron chi connectivity index (χ2n) is 10.1. The van der Waals surface area contributed by atoms with E-state index in [0.29, 0.717) is 34.7 Å². The molecule has 0 saturated carbocycles. The summed E-state index contributed by atoms with van der Waals surface area (Å²) in [5, 5.41) is 3.82. The number of ether oxygens (including phenoxy) is 1. The molecular formula is C29H36ClN5O4S. The molecule has 4 rings (SSSR count). The molecule has 0 spiro atoms. The number of likely N-dealkylation sites (tertiary alicyclic amines) is 1. The van der Waals surface area contributed by atoms with Gasteiger partial charge in [-0.15, -0.1) is 0 Å². The van der Waals surface area contributed by atoms with E-state index in [-0.39, 0.29) is 30.1 Å². The van der Waals surface area contributed by atoms with Gasteiger partial charge in [-0.05, 0) is 106 Å². The highest BCUT2D eigenvalue weighted by molar-refractivity contribution is 7.80. The molecule has 2 saturated heterocycles. The summed E-state index contributed by atoms with van der Waals surface area (Å²) in [4.78, 5) is 43.8. The third kappa shape index (κ3) is 7.50. The Morgan fingerprint density at radius 3 is 2.38 bits per heavy atom. The molecular weight excluding hydrogens is 550 g/mol. The number of hydrogen-bond acceptors (Lipinski definition) is 6. The minimum absolute atomic E-state index is 0.0405. The van der Waals surface area contributed by atoms with E-state index in [1.807, 2.05) is 24.0 Å². The highest BCUT2D eigenvalue weighted by Gasteiger charge is 2.44. The van der Waals surface area contributed by atoms with Crippen LogP contribution in [0.15, 0.2) is 48.5 Å². The zero-order valence-electron chi connectivity index (χ0n) is 22.7. The molecule has 2 aliphatic rings. The second-order valence-corrected chi connectivity index (χ2v) is 10.9. The van der Waals surface area contributed by atoms with Crippen LogP contribution in [0.2, 0.25) is 5.02 Å². The SMILES string of the molecule is CCCOc1ccc(NC(=O)C[C@@H]2C(=O)N(c3ccc(Cl)cc3)C(=S)N2CCCN2CCC(C(N)=O)CC2)cc1. The molecule has 2 aromatic rings. The predicted octanol–water partition coefficient (Wildman–Crippen LogP) is 4.05. The summed E-state index contributed by atoms with van der Waals surface area (Å²) in [6.45, 7) is 5.60. The van der Waals surface area contributed by atoms with Crippen molar-refractivity contribution in [3.8, 4) is 5.75 Å². The van der Waals surface area contributed by atoms with E-state index < -0.39 is 6.04 Å². The van der Waals surface area contributed by atoms with E-state index in [0.717, 1.165) is 51.1 Å². The molecule has 3 amide bonds. The highest BCUT2D eigenvalue weighted by Crippen LogP contribution is 2.29. The van der Waals surface area contributed by atoms with Crippen LogP contribution in [0.1, 0.15) is 39.0 Å². The molecule has 0 aliphatic carbocycles. The topological polar surface area (TPSA) is 108 Å². The minimum Gasteiger partial charge on any atom is -0.494 e. The maximum Gasteiger partial charge on any atom is 0.256 e. The number of carbonyl (C=O) groups excluding carboxylic acids is 3. The summed E-state index contributed by atoms with van der Waals surface area (Å²) >= 11 is 11.8. The van der Waals surface area contributed by atoms with Gasteiger partial charge in [-0.25, -0.2) is 0 Å². The first kappa shape index (κ1) is 29.8. The Balaban J connectivity index is 1.41. The standard InChI is InChI=1S/C29H36ClN5O4S/c1-2-18-39-24-10-6-22(7-11-24)32-26(36)19-25-28(38)35(23-8-4-21(30)5-9-23)29(40)34(25)15-3-14-33-16-12-20(13-17-33)27(31)37/h4-11,20,25H,2-3,12-19H2,1H3,(H2,31,37)(H,32,36)/t25-/m1/s1. The second kappa shape index (κ2) is 13.9. The van der Waals surface area contributed by atoms with Crippen molar-refractivity contribution in [1.29, 1.82) is 0 Å². The normalized spacial score (nSPS) is 18.3. The summed E-state index contributed by atoms with van der Waals surface area (Å²) in [7, 11) is 0. The van der Waals surface area contributed by atoms with Crippen LogP contribution < -0.4 is 20.7 Å². The predicted molar refractivity (Wildman–Crippen MR) is 160 cm³/mol. The van der Waals surface area contributed by atoms with Crippen molar-refractivity contribution in [2.45, 2.75) is 45.1 Å². The van der Waals surface area contributed by atoms with Crippen LogP contribution >= 0.6 is 23.8 Å². The van der Waals surface area contributed by atoms with E-state index in [1.165, 1.54) is 4.90 Å². The van der Waals surface area contributed by atoms with Gasteiger partial charge in [0.1, 0.15) is 11.8 Å². The highest BCUT2D eigenvalue weighted by atomic mass is 35.5. The lowest BCUT2D eigenvalue weighted by Crippen LogP contribution is -2.41. The molecule has 1 atom stereocenters. The maximum atomic E-state index is 13.6. The molecule has 2 aromatic carbocycles. The molecule has 11 heteroatoms. The van der Waals surface area contributed by atoms with Crippen molar-refractivity contribution < 1.29 is 19.1 Å². The molecule has 2 fully saturated rings. The molecule has 40 heavy (non-hydrogen) atoms. The van der Waals surface area contributed by atoms with Crippen molar-refractivity contribution in [3.63, 3.8) is 0 Å². The van der Waals surface area contributed by atoms with Gasteiger partial charge < -0.3 is 25.6 Å². The Hall–Kier alpha value is -3.21. The van der Waals surface area contributed by atoms with E-state index in [9.17, 15) is 14.4 Å². The lowest BCUT2D eigenvalue weighted by Gasteiger charge is -2.31. The summed E-state index contributed by atoms with van der Waals surface area (Å²) in [6.07, 6.45) is 3.14. The summed E-state index contributed by atoms with van der Waals surface area (Å²) in [5.41, 5.74) is 6.70. The zero-order valence-corrected chi connectivity index (χ0v) is 24.3. The smallest absolute Gasteiger partial charge is 0.256 e. The Bertz CT molecular complexity index is 1200. The largest absolute Gasteiger partial charge is 0.494 e. The minimum atomic E-state index is -0.726. The van der Waals surface area contributed by atoms with Gasteiger partial charge in [0.05, 0.1) is 18.7 Å². The first-order valence-corrected chi connectivity index (χ1v) is 14.5. The fourth-order valence-electron chi connectivity index (χ4n) is 5.06. The van der Waals surface area contributed by atoms with Crippen LogP contribution in [0, 0.1) is 5.92 Å². The number of benzene rings is 2. The summed E-state index contributed by atoms with van der Waals surface area (Å²) in [5.74, 6) is -0.0756. The fraction of sp³-hybridized carbons (Fsp3) is 0.448. The Kier molecular flexibility index (Phi) is 10.4. The molecule has 0 aromatic heterocycles. The number of piperidine rings is 1. The molecule has 9 nitrogen and oxygen atoms in total. The molecule has 214 valence electrons. The van der Waals surface area contributed by atoms with Crippen molar-refractivity contribution in [2.75, 3.05) is 43.0 Å². The quantitative estimate of drug-likeness (QED) is 0.362. The Morgan fingerprint density at radius 2 is 1.75 bits per heavy atom. The van der Waals surface area contributed by atoms with Gasteiger partial charge in [0, 0.05) is 23.2 Å². The Morgan fingerprint density at radius 1 is 1.07 bits per heavy atom. The van der Waals surface area contributed by atoms with Crippen LogP contribution in [0.3, 0.4) is 0 Å². The molecule has 3 N–H and O–H groups in total. The lowest BCUT2D eigenvalue weighted by atomic mass is 9.96. The van der Waals surface area contributed by atoms with Crippen LogP contribution in [0.5, 0.6) is 5.75 Å². The van der Waals surface area contributed by atoms with Crippen LogP contribution in [-0.4, -0.2) is 71.5 Å². The van der Waals surface area contributed by atoms with Crippen LogP contribution in [0.4, 0.5) is 11.4 Å². The van der Waals surface area contributed by atoms with Gasteiger partial charge in [-0.2, -0.15) is 0 Å². The number of rotatable bonds is 12. The van der Waals surface area contributed by atoms with E-state index >= 15 is 0 Å². The first-order valence-electron chi connectivity index (χ1n) is 13.7. The third-order valence-corrected chi connectivity index (χ3v) is 7.93. The third-order valence-electron chi connectivity index (χ3n) is 7.26. The number of carbonyl (C=O) groups is 3. The summed E-state index contributed by atoms with van der Waals surface area (Å²) in [6, 6.07) is 13.4. The number of amides is 3. The van der Waals surface area contributed by atoms with Crippen LogP contribution in [0.25, 0.3) is 0 Å². The van der Waals surface area contributed by atoms with E-state index in [4.69, 9.17) is 34.3 Å². The molecule has 0 radical (unpaired) electrons. The van der Waals surface area contributed by atoms with Crippen LogP contribution in [-0.2, 0) is 14.4 Å². The monoisotopic (exact) mass is 585 g/mol. The van der Waals surface area contributed by atoms with Gasteiger partial charge in [0.15, 0.2) is 5.11 Å². The average Bonchev–Trinajstić information content (AvgIpc) is 3.17. The molecule has 2 aliphatic heterocycles. The maximum absolute atomic E-state index is 13.6. The van der Waals surface area contributed by atoms with Crippen molar-refractivity contribution in [2.24, 2.45) is 11.7 Å². The average molecular weight is 586 g/mol. The fourth-order valence-corrected chi connectivity index (χ4v) is 5.60. The number of hydrogen-bond donors (Lipinski definition) is 2. The first-order chi connectivity index (χ1) is 19.3. The molecule has 0 unspecified atom stereocenters. The molecule has 2 heterocycles. The number of nitrogens with zero attached hydrogens (tertiary/aromatic N) is 3. The number of thiocarbonyl (C=S) groups is 1. The van der Waals surface area contributed by atoms with Gasteiger partial charge in [-0.3, -0.25) is 19.3 Å². The van der Waals surface area contributed by atoms with Crippen molar-refractivity contribution >= 4 is 58.0 Å².